The Morgan fingerprint density at radius 2 is 2.29 bits per heavy atom. The van der Waals surface area contributed by atoms with E-state index < -0.39 is 0 Å². The predicted octanol–water partition coefficient (Wildman–Crippen LogP) is 1.38. The van der Waals surface area contributed by atoms with E-state index in [4.69, 9.17) is 5.11 Å². The van der Waals surface area contributed by atoms with Crippen LogP contribution >= 0.6 is 11.3 Å². The summed E-state index contributed by atoms with van der Waals surface area (Å²) in [6, 6.07) is -0.381. The van der Waals surface area contributed by atoms with Crippen molar-refractivity contribution in [3.8, 4) is 0 Å². The smallest absolute Gasteiger partial charge is 0.321 e. The van der Waals surface area contributed by atoms with Crippen LogP contribution in [0.25, 0.3) is 0 Å². The van der Waals surface area contributed by atoms with Crippen molar-refractivity contribution in [3.05, 3.63) is 5.01 Å². The third-order valence-corrected chi connectivity index (χ3v) is 2.99. The Labute approximate surface area is 104 Å². The summed E-state index contributed by atoms with van der Waals surface area (Å²) in [5.41, 5.74) is 0. The van der Waals surface area contributed by atoms with Gasteiger partial charge in [-0.25, -0.2) is 4.79 Å². The number of carbonyl (C=O) groups is 1. The molecule has 1 heterocycles. The second-order valence-corrected chi connectivity index (χ2v) is 4.82. The van der Waals surface area contributed by atoms with Crippen molar-refractivity contribution in [2.45, 2.75) is 39.2 Å². The van der Waals surface area contributed by atoms with Crippen molar-refractivity contribution >= 4 is 22.5 Å². The van der Waals surface area contributed by atoms with Crippen LogP contribution in [0.15, 0.2) is 0 Å². The molecule has 7 heteroatoms. The first-order chi connectivity index (χ1) is 8.15. The largest absolute Gasteiger partial charge is 0.396 e. The molecular formula is C10H18N4O2S. The van der Waals surface area contributed by atoms with E-state index in [9.17, 15) is 4.79 Å². The Morgan fingerprint density at radius 3 is 2.94 bits per heavy atom. The van der Waals surface area contributed by atoms with Crippen LogP contribution in [0.1, 0.15) is 31.7 Å². The van der Waals surface area contributed by atoms with E-state index in [0.717, 1.165) is 17.8 Å². The molecule has 6 nitrogen and oxygen atoms in total. The van der Waals surface area contributed by atoms with Crippen LogP contribution in [0.5, 0.6) is 0 Å². The van der Waals surface area contributed by atoms with Crippen LogP contribution in [-0.4, -0.2) is 34.0 Å². The molecule has 17 heavy (non-hydrogen) atoms. The number of nitrogens with one attached hydrogen (secondary N) is 2. The Balaban J connectivity index is 2.39. The first kappa shape index (κ1) is 13.9. The predicted molar refractivity (Wildman–Crippen MR) is 67.2 cm³/mol. The summed E-state index contributed by atoms with van der Waals surface area (Å²) in [4.78, 5) is 11.5. The molecule has 0 spiro atoms. The monoisotopic (exact) mass is 258 g/mol. The van der Waals surface area contributed by atoms with E-state index in [0.29, 0.717) is 11.6 Å². The van der Waals surface area contributed by atoms with Gasteiger partial charge in [0.25, 0.3) is 0 Å². The SMILES string of the molecule is CCCc1nnc(NC(=O)N[C@H](C)CCO)s1. The second kappa shape index (κ2) is 7.18. The van der Waals surface area contributed by atoms with Gasteiger partial charge in [-0.3, -0.25) is 5.32 Å². The number of urea groups is 1. The molecule has 1 aromatic heterocycles. The number of aliphatic hydroxyl groups is 1. The molecule has 0 aliphatic carbocycles. The number of hydrogen-bond acceptors (Lipinski definition) is 5. The maximum absolute atomic E-state index is 11.5. The summed E-state index contributed by atoms with van der Waals surface area (Å²) in [5.74, 6) is 0. The van der Waals surface area contributed by atoms with Crippen LogP contribution in [0, 0.1) is 0 Å². The molecule has 0 aliphatic heterocycles. The van der Waals surface area contributed by atoms with Gasteiger partial charge in [-0.15, -0.1) is 10.2 Å². The van der Waals surface area contributed by atoms with Gasteiger partial charge in [-0.1, -0.05) is 18.3 Å². The van der Waals surface area contributed by atoms with Gasteiger partial charge in [0.05, 0.1) is 0 Å². The van der Waals surface area contributed by atoms with Gasteiger partial charge in [0.15, 0.2) is 0 Å². The third-order valence-electron chi connectivity index (χ3n) is 2.09. The fraction of sp³-hybridized carbons (Fsp3) is 0.700. The van der Waals surface area contributed by atoms with Gasteiger partial charge in [-0.2, -0.15) is 0 Å². The normalized spacial score (nSPS) is 12.2. The van der Waals surface area contributed by atoms with E-state index in [-0.39, 0.29) is 18.7 Å². The quantitative estimate of drug-likeness (QED) is 0.719. The van der Waals surface area contributed by atoms with Crippen LogP contribution in [0.4, 0.5) is 9.93 Å². The maximum atomic E-state index is 11.5. The molecule has 0 aromatic carbocycles. The number of nitrogens with zero attached hydrogens (tertiary/aromatic N) is 2. The first-order valence-corrected chi connectivity index (χ1v) is 6.48. The summed E-state index contributed by atoms with van der Waals surface area (Å²) >= 11 is 1.38. The zero-order chi connectivity index (χ0) is 12.7. The molecule has 1 atom stereocenters. The van der Waals surface area contributed by atoms with Crippen molar-refractivity contribution in [3.63, 3.8) is 0 Å². The molecular weight excluding hydrogens is 240 g/mol. The molecule has 0 unspecified atom stereocenters. The lowest BCUT2D eigenvalue weighted by atomic mass is 10.2. The summed E-state index contributed by atoms with van der Waals surface area (Å²) in [7, 11) is 0. The number of amides is 2. The van der Waals surface area contributed by atoms with Crippen molar-refractivity contribution in [1.82, 2.24) is 15.5 Å². The topological polar surface area (TPSA) is 87.1 Å². The summed E-state index contributed by atoms with van der Waals surface area (Å²) in [5, 5.41) is 23.3. The average molecular weight is 258 g/mol. The number of aromatic nitrogens is 2. The third kappa shape index (κ3) is 5.10. The maximum Gasteiger partial charge on any atom is 0.321 e. The molecule has 0 fully saturated rings. The highest BCUT2D eigenvalue weighted by atomic mass is 32.1. The van der Waals surface area contributed by atoms with E-state index >= 15 is 0 Å². The van der Waals surface area contributed by atoms with Gasteiger partial charge in [0.2, 0.25) is 5.13 Å². The number of carbonyl (C=O) groups excluding carboxylic acids is 1. The minimum atomic E-state index is -0.315. The zero-order valence-corrected chi connectivity index (χ0v) is 10.9. The Bertz CT molecular complexity index is 356. The highest BCUT2D eigenvalue weighted by Gasteiger charge is 2.09. The fourth-order valence-corrected chi connectivity index (χ4v) is 2.08. The summed E-state index contributed by atoms with van der Waals surface area (Å²) in [6.07, 6.45) is 2.42. The first-order valence-electron chi connectivity index (χ1n) is 5.66. The van der Waals surface area contributed by atoms with Gasteiger partial charge < -0.3 is 10.4 Å². The summed E-state index contributed by atoms with van der Waals surface area (Å²) in [6.45, 7) is 3.96. The zero-order valence-electron chi connectivity index (χ0n) is 10.1. The molecule has 0 aliphatic rings. The van der Waals surface area contributed by atoms with Crippen molar-refractivity contribution in [2.75, 3.05) is 11.9 Å². The minimum absolute atomic E-state index is 0.0565. The fourth-order valence-electron chi connectivity index (χ4n) is 1.24. The van der Waals surface area contributed by atoms with Gasteiger partial charge in [-0.05, 0) is 19.8 Å². The number of anilines is 1. The Morgan fingerprint density at radius 1 is 1.53 bits per heavy atom. The molecule has 1 aromatic rings. The number of aliphatic hydroxyl groups excluding tert-OH is 1. The Hall–Kier alpha value is -1.21. The molecule has 0 saturated heterocycles. The lowest BCUT2D eigenvalue weighted by molar-refractivity contribution is 0.241. The van der Waals surface area contributed by atoms with E-state index in [2.05, 4.69) is 27.8 Å². The van der Waals surface area contributed by atoms with E-state index in [1.807, 2.05) is 6.92 Å². The van der Waals surface area contributed by atoms with Crippen LogP contribution in [0.3, 0.4) is 0 Å². The standard InChI is InChI=1S/C10H18N4O2S/c1-3-4-8-13-14-10(17-8)12-9(16)11-7(2)5-6-15/h7,15H,3-6H2,1-2H3,(H2,11,12,14,16)/t7-/m1/s1. The molecule has 2 amide bonds. The van der Waals surface area contributed by atoms with E-state index in [1.54, 1.807) is 0 Å². The highest BCUT2D eigenvalue weighted by Crippen LogP contribution is 2.16. The molecule has 96 valence electrons. The molecule has 1 rings (SSSR count). The van der Waals surface area contributed by atoms with Crippen molar-refractivity contribution in [1.29, 1.82) is 0 Å². The van der Waals surface area contributed by atoms with Crippen LogP contribution < -0.4 is 10.6 Å². The van der Waals surface area contributed by atoms with Gasteiger partial charge in [0.1, 0.15) is 5.01 Å². The molecule has 0 saturated carbocycles. The van der Waals surface area contributed by atoms with Crippen molar-refractivity contribution in [2.24, 2.45) is 0 Å². The molecule has 0 bridgehead atoms. The molecule has 3 N–H and O–H groups in total. The minimum Gasteiger partial charge on any atom is -0.396 e. The summed E-state index contributed by atoms with van der Waals surface area (Å²) < 4.78 is 0. The van der Waals surface area contributed by atoms with Crippen molar-refractivity contribution < 1.29 is 9.90 Å². The van der Waals surface area contributed by atoms with Gasteiger partial charge >= 0.3 is 6.03 Å². The van der Waals surface area contributed by atoms with Crippen LogP contribution in [-0.2, 0) is 6.42 Å². The van der Waals surface area contributed by atoms with Crippen LogP contribution in [0.2, 0.25) is 0 Å². The molecule has 0 radical (unpaired) electrons. The van der Waals surface area contributed by atoms with Gasteiger partial charge in [0, 0.05) is 19.1 Å². The lowest BCUT2D eigenvalue weighted by Crippen LogP contribution is -2.36. The van der Waals surface area contributed by atoms with E-state index in [1.165, 1.54) is 11.3 Å². The Kier molecular flexibility index (Phi) is 5.85. The lowest BCUT2D eigenvalue weighted by Gasteiger charge is -2.11. The average Bonchev–Trinajstić information content (AvgIpc) is 2.66. The highest BCUT2D eigenvalue weighted by molar-refractivity contribution is 7.15. The number of rotatable bonds is 6. The number of hydrogen-bond donors (Lipinski definition) is 3. The number of aryl methyl sites for hydroxylation is 1. The second-order valence-electron chi connectivity index (χ2n) is 3.76.